The number of amides is 1. The van der Waals surface area contributed by atoms with Gasteiger partial charge in [0, 0.05) is 9.22 Å². The van der Waals surface area contributed by atoms with E-state index in [1.165, 1.54) is 0 Å². The van der Waals surface area contributed by atoms with Gasteiger partial charge in [-0.25, -0.2) is 0 Å². The van der Waals surface area contributed by atoms with Crippen LogP contribution < -0.4 is 5.32 Å². The van der Waals surface area contributed by atoms with Gasteiger partial charge < -0.3 is 5.32 Å². The molecule has 0 saturated heterocycles. The lowest BCUT2D eigenvalue weighted by Gasteiger charge is -2.19. The first-order valence-corrected chi connectivity index (χ1v) is 7.74. The molecule has 1 N–H and O–H groups in total. The van der Waals surface area contributed by atoms with E-state index in [1.807, 2.05) is 31.2 Å². The molecule has 0 spiro atoms. The van der Waals surface area contributed by atoms with Crippen LogP contribution in [-0.2, 0) is 4.79 Å². The Morgan fingerprint density at radius 1 is 1.44 bits per heavy atom. The predicted octanol–water partition coefficient (Wildman–Crippen LogP) is 4.16. The lowest BCUT2D eigenvalue weighted by Crippen LogP contribution is -2.29. The van der Waals surface area contributed by atoms with Crippen molar-refractivity contribution < 1.29 is 4.79 Å². The molecule has 18 heavy (non-hydrogen) atoms. The van der Waals surface area contributed by atoms with Crippen LogP contribution in [0.2, 0.25) is 0 Å². The molecule has 0 aliphatic rings. The van der Waals surface area contributed by atoms with Crippen LogP contribution in [0.5, 0.6) is 0 Å². The average molecular weight is 330 g/mol. The molecule has 100 valence electrons. The number of carbonyl (C=O) groups excluding carboxylic acids is 1. The van der Waals surface area contributed by atoms with Crippen LogP contribution in [0.15, 0.2) is 28.7 Å². The summed E-state index contributed by atoms with van der Waals surface area (Å²) in [6, 6.07) is 8.05. The number of carbonyl (C=O) groups is 1. The molecular formula is C14H20BrNOS. The van der Waals surface area contributed by atoms with E-state index >= 15 is 0 Å². The van der Waals surface area contributed by atoms with E-state index in [0.29, 0.717) is 5.75 Å². The van der Waals surface area contributed by atoms with Gasteiger partial charge in [-0.2, -0.15) is 0 Å². The van der Waals surface area contributed by atoms with E-state index in [-0.39, 0.29) is 16.7 Å². The smallest absolute Gasteiger partial charge is 0.230 e. The summed E-state index contributed by atoms with van der Waals surface area (Å²) in [5, 5.41) is 3.02. The summed E-state index contributed by atoms with van der Waals surface area (Å²) in [7, 11) is 0. The Morgan fingerprint density at radius 2 is 2.11 bits per heavy atom. The average Bonchev–Trinajstić information content (AvgIpc) is 2.25. The van der Waals surface area contributed by atoms with E-state index in [0.717, 1.165) is 10.0 Å². The zero-order valence-electron chi connectivity index (χ0n) is 11.3. The Kier molecular flexibility index (Phi) is 5.73. The monoisotopic (exact) mass is 329 g/mol. The fraction of sp³-hybridized carbons (Fsp3) is 0.500. The van der Waals surface area contributed by atoms with E-state index < -0.39 is 0 Å². The maximum absolute atomic E-state index is 11.8. The van der Waals surface area contributed by atoms with Crippen molar-refractivity contribution >= 4 is 33.6 Å². The first-order valence-electron chi connectivity index (χ1n) is 5.97. The van der Waals surface area contributed by atoms with Crippen molar-refractivity contribution in [2.24, 2.45) is 0 Å². The van der Waals surface area contributed by atoms with E-state index in [1.54, 1.807) is 11.8 Å². The van der Waals surface area contributed by atoms with Crippen molar-refractivity contribution in [3.8, 4) is 0 Å². The molecule has 2 nitrogen and oxygen atoms in total. The predicted molar refractivity (Wildman–Crippen MR) is 82.9 cm³/mol. The van der Waals surface area contributed by atoms with Crippen LogP contribution in [0.4, 0.5) is 0 Å². The summed E-state index contributed by atoms with van der Waals surface area (Å²) in [5.74, 6) is 0.587. The van der Waals surface area contributed by atoms with Crippen molar-refractivity contribution in [3.63, 3.8) is 0 Å². The van der Waals surface area contributed by atoms with Gasteiger partial charge in [0.25, 0.3) is 0 Å². The minimum Gasteiger partial charge on any atom is -0.349 e. The van der Waals surface area contributed by atoms with E-state index in [9.17, 15) is 4.79 Å². The van der Waals surface area contributed by atoms with Gasteiger partial charge in [-0.05, 0) is 24.6 Å². The summed E-state index contributed by atoms with van der Waals surface area (Å²) >= 11 is 5.10. The van der Waals surface area contributed by atoms with Crippen molar-refractivity contribution in [2.45, 2.75) is 38.5 Å². The molecule has 1 aromatic rings. The van der Waals surface area contributed by atoms with Gasteiger partial charge in [0.2, 0.25) is 5.91 Å². The summed E-state index contributed by atoms with van der Waals surface area (Å²) in [6.07, 6.45) is 0. The Hall–Kier alpha value is -0.480. The molecule has 1 rings (SSSR count). The normalized spacial score (nSPS) is 13.2. The summed E-state index contributed by atoms with van der Waals surface area (Å²) < 4.78 is 1.15. The number of rotatable bonds is 4. The number of halogens is 1. The minimum absolute atomic E-state index is 0.0376. The Bertz CT molecular complexity index is 415. The number of benzene rings is 1. The van der Waals surface area contributed by atoms with Crippen LogP contribution in [0, 0.1) is 0 Å². The summed E-state index contributed by atoms with van der Waals surface area (Å²) in [4.78, 5) is 11.8. The molecule has 1 unspecified atom stereocenters. The highest BCUT2D eigenvalue weighted by atomic mass is 79.9. The summed E-state index contributed by atoms with van der Waals surface area (Å²) in [5.41, 5.74) is 1.11. The molecule has 0 heterocycles. The van der Waals surface area contributed by atoms with Crippen molar-refractivity contribution in [1.29, 1.82) is 0 Å². The lowest BCUT2D eigenvalue weighted by atomic mass is 10.1. The molecular weight excluding hydrogens is 310 g/mol. The molecule has 1 amide bonds. The second-order valence-electron chi connectivity index (χ2n) is 5.25. The molecule has 0 fully saturated rings. The van der Waals surface area contributed by atoms with Crippen LogP contribution in [0.3, 0.4) is 0 Å². The van der Waals surface area contributed by atoms with Gasteiger partial charge in [-0.3, -0.25) is 4.79 Å². The molecule has 4 heteroatoms. The number of hydrogen-bond acceptors (Lipinski definition) is 2. The quantitative estimate of drug-likeness (QED) is 0.898. The maximum Gasteiger partial charge on any atom is 0.230 e. The van der Waals surface area contributed by atoms with E-state index in [2.05, 4.69) is 42.0 Å². The minimum atomic E-state index is 0.0376. The molecule has 0 radical (unpaired) electrons. The Labute approximate surface area is 122 Å². The zero-order valence-corrected chi connectivity index (χ0v) is 13.7. The lowest BCUT2D eigenvalue weighted by molar-refractivity contribution is -0.119. The van der Waals surface area contributed by atoms with Crippen molar-refractivity contribution in [3.05, 3.63) is 34.3 Å². The zero-order chi connectivity index (χ0) is 13.8. The van der Waals surface area contributed by atoms with Crippen LogP contribution >= 0.6 is 27.7 Å². The van der Waals surface area contributed by atoms with Gasteiger partial charge in [0.05, 0.1) is 11.8 Å². The highest BCUT2D eigenvalue weighted by Gasteiger charge is 2.15. The Morgan fingerprint density at radius 3 is 2.67 bits per heavy atom. The van der Waals surface area contributed by atoms with Crippen molar-refractivity contribution in [2.75, 3.05) is 5.75 Å². The second-order valence-corrected chi connectivity index (χ2v) is 7.96. The third-order valence-corrected chi connectivity index (χ3v) is 4.13. The van der Waals surface area contributed by atoms with Crippen molar-refractivity contribution in [1.82, 2.24) is 5.32 Å². The van der Waals surface area contributed by atoms with Gasteiger partial charge in [0.1, 0.15) is 0 Å². The molecule has 0 aromatic heterocycles. The largest absolute Gasteiger partial charge is 0.349 e. The van der Waals surface area contributed by atoms with Gasteiger partial charge in [-0.1, -0.05) is 48.8 Å². The highest BCUT2D eigenvalue weighted by Crippen LogP contribution is 2.23. The highest BCUT2D eigenvalue weighted by molar-refractivity contribution is 9.10. The third kappa shape index (κ3) is 5.91. The van der Waals surface area contributed by atoms with Crippen LogP contribution in [-0.4, -0.2) is 16.4 Å². The molecule has 1 atom stereocenters. The van der Waals surface area contributed by atoms with Crippen LogP contribution in [0.25, 0.3) is 0 Å². The number of hydrogen-bond donors (Lipinski definition) is 1. The van der Waals surface area contributed by atoms with Gasteiger partial charge >= 0.3 is 0 Å². The topological polar surface area (TPSA) is 29.1 Å². The molecule has 0 aliphatic heterocycles. The molecule has 0 bridgehead atoms. The molecule has 0 saturated carbocycles. The SMILES string of the molecule is CC(NC(=O)CSC(C)(C)C)c1cccc(Br)c1. The molecule has 1 aromatic carbocycles. The van der Waals surface area contributed by atoms with Gasteiger partial charge in [-0.15, -0.1) is 11.8 Å². The standard InChI is InChI=1S/C14H20BrNOS/c1-10(11-6-5-7-12(15)8-11)16-13(17)9-18-14(2,3)4/h5-8,10H,9H2,1-4H3,(H,16,17). The van der Waals surface area contributed by atoms with Crippen LogP contribution in [0.1, 0.15) is 39.3 Å². The molecule has 0 aliphatic carbocycles. The fourth-order valence-corrected chi connectivity index (χ4v) is 2.49. The first kappa shape index (κ1) is 15.6. The second kappa shape index (κ2) is 6.62. The fourth-order valence-electron chi connectivity index (χ4n) is 1.42. The summed E-state index contributed by atoms with van der Waals surface area (Å²) in [6.45, 7) is 8.34. The Balaban J connectivity index is 2.50. The first-order chi connectivity index (χ1) is 8.28. The number of nitrogens with one attached hydrogen (secondary N) is 1. The maximum atomic E-state index is 11.8. The van der Waals surface area contributed by atoms with E-state index in [4.69, 9.17) is 0 Å². The third-order valence-electron chi connectivity index (χ3n) is 2.36. The van der Waals surface area contributed by atoms with Gasteiger partial charge in [0.15, 0.2) is 0 Å². The number of thioether (sulfide) groups is 1.